The van der Waals surface area contributed by atoms with Gasteiger partial charge in [-0.15, -0.1) is 0 Å². The molecule has 1 N–H and O–H groups in total. The van der Waals surface area contributed by atoms with Gasteiger partial charge in [0, 0.05) is 52.1 Å². The fraction of sp³-hybridized carbons (Fsp3) is 0.114. The van der Waals surface area contributed by atoms with E-state index in [9.17, 15) is 4.79 Å². The van der Waals surface area contributed by atoms with Gasteiger partial charge in [-0.05, 0) is 74.5 Å². The molecule has 5 nitrogen and oxygen atoms in total. The molecule has 1 atom stereocenters. The zero-order chi connectivity index (χ0) is 27.3. The van der Waals surface area contributed by atoms with Crippen LogP contribution in [0.5, 0.6) is 11.5 Å². The Morgan fingerprint density at radius 1 is 0.700 bits per heavy atom. The molecule has 0 bridgehead atoms. The second-order valence-corrected chi connectivity index (χ2v) is 10.2. The molecule has 7 rings (SSSR count). The lowest BCUT2D eigenvalue weighted by atomic mass is 9.77. The molecule has 0 aliphatic carbocycles. The van der Waals surface area contributed by atoms with Gasteiger partial charge in [0.15, 0.2) is 5.60 Å². The van der Waals surface area contributed by atoms with Gasteiger partial charge in [0.1, 0.15) is 11.5 Å². The number of fused-ring (bicyclic) bond motifs is 6. The number of carbonyl (C=O) groups is 1. The minimum absolute atomic E-state index is 0.338. The van der Waals surface area contributed by atoms with Crippen LogP contribution >= 0.6 is 0 Å². The number of aryl methyl sites for hydroxylation is 1. The van der Waals surface area contributed by atoms with E-state index in [-0.39, 0.29) is 5.97 Å². The molecule has 5 heteroatoms. The fourth-order valence-corrected chi connectivity index (χ4v) is 5.83. The van der Waals surface area contributed by atoms with Crippen molar-refractivity contribution in [3.05, 3.63) is 143 Å². The SMILES string of the molecule is CCN(c1ccc(C)cc1)c1ccc2c(c1)Oc1ccc(Nc3ccccc3)cc1C21OC(=O)c2ccccc21. The lowest BCUT2D eigenvalue weighted by Gasteiger charge is -2.37. The van der Waals surface area contributed by atoms with E-state index < -0.39 is 5.60 Å². The third-order valence-electron chi connectivity index (χ3n) is 7.73. The average Bonchev–Trinajstić information content (AvgIpc) is 3.28. The van der Waals surface area contributed by atoms with E-state index in [2.05, 4.69) is 54.4 Å². The molecule has 2 aliphatic rings. The summed E-state index contributed by atoms with van der Waals surface area (Å²) < 4.78 is 12.9. The van der Waals surface area contributed by atoms with Gasteiger partial charge >= 0.3 is 5.97 Å². The molecule has 0 saturated carbocycles. The number of nitrogens with zero attached hydrogens (tertiary/aromatic N) is 1. The molecule has 1 unspecified atom stereocenters. The van der Waals surface area contributed by atoms with Crippen molar-refractivity contribution in [2.75, 3.05) is 16.8 Å². The first-order valence-corrected chi connectivity index (χ1v) is 13.5. The minimum atomic E-state index is -1.12. The van der Waals surface area contributed by atoms with Crippen LogP contribution in [-0.4, -0.2) is 12.5 Å². The molecule has 2 heterocycles. The Kier molecular flexibility index (Phi) is 5.60. The van der Waals surface area contributed by atoms with Gasteiger partial charge in [0.2, 0.25) is 0 Å². The summed E-state index contributed by atoms with van der Waals surface area (Å²) in [6.45, 7) is 5.01. The van der Waals surface area contributed by atoms with E-state index >= 15 is 0 Å². The summed E-state index contributed by atoms with van der Waals surface area (Å²) in [5.41, 5.74) is 7.04. The normalized spacial score (nSPS) is 16.4. The number of benzene rings is 5. The predicted octanol–water partition coefficient (Wildman–Crippen LogP) is 8.46. The topological polar surface area (TPSA) is 50.8 Å². The maximum Gasteiger partial charge on any atom is 0.340 e. The number of rotatable bonds is 5. The Morgan fingerprint density at radius 2 is 1.45 bits per heavy atom. The van der Waals surface area contributed by atoms with Crippen LogP contribution in [0.4, 0.5) is 22.7 Å². The third kappa shape index (κ3) is 3.74. The smallest absolute Gasteiger partial charge is 0.340 e. The van der Waals surface area contributed by atoms with Crippen molar-refractivity contribution in [1.82, 2.24) is 0 Å². The number of nitrogens with one attached hydrogen (secondary N) is 1. The highest BCUT2D eigenvalue weighted by atomic mass is 16.6. The van der Waals surface area contributed by atoms with Gasteiger partial charge in [-0.3, -0.25) is 0 Å². The molecular weight excluding hydrogens is 496 g/mol. The van der Waals surface area contributed by atoms with E-state index in [0.717, 1.165) is 46.0 Å². The summed E-state index contributed by atoms with van der Waals surface area (Å²) >= 11 is 0. The summed E-state index contributed by atoms with van der Waals surface area (Å²) in [6.07, 6.45) is 0. The van der Waals surface area contributed by atoms with Gasteiger partial charge in [-0.2, -0.15) is 0 Å². The summed E-state index contributed by atoms with van der Waals surface area (Å²) in [6, 6.07) is 38.3. The van der Waals surface area contributed by atoms with Crippen molar-refractivity contribution >= 4 is 28.7 Å². The van der Waals surface area contributed by atoms with Crippen molar-refractivity contribution < 1.29 is 14.3 Å². The van der Waals surface area contributed by atoms with E-state index in [0.29, 0.717) is 17.1 Å². The number of anilines is 4. The summed E-state index contributed by atoms with van der Waals surface area (Å²) in [4.78, 5) is 15.5. The second-order valence-electron chi connectivity index (χ2n) is 10.2. The molecule has 0 fully saturated rings. The number of para-hydroxylation sites is 1. The van der Waals surface area contributed by atoms with Crippen LogP contribution in [0.3, 0.4) is 0 Å². The van der Waals surface area contributed by atoms with Gasteiger partial charge < -0.3 is 19.7 Å². The van der Waals surface area contributed by atoms with Crippen molar-refractivity contribution in [3.63, 3.8) is 0 Å². The average molecular weight is 525 g/mol. The van der Waals surface area contributed by atoms with Crippen LogP contribution in [-0.2, 0) is 10.3 Å². The second kappa shape index (κ2) is 9.31. The van der Waals surface area contributed by atoms with E-state index in [4.69, 9.17) is 9.47 Å². The molecule has 0 amide bonds. The Hall–Kier alpha value is -5.03. The molecule has 0 radical (unpaired) electrons. The van der Waals surface area contributed by atoms with Crippen molar-refractivity contribution in [1.29, 1.82) is 0 Å². The Balaban J connectivity index is 1.39. The third-order valence-corrected chi connectivity index (χ3v) is 7.73. The van der Waals surface area contributed by atoms with E-state index in [1.807, 2.05) is 84.9 Å². The highest BCUT2D eigenvalue weighted by Crippen LogP contribution is 2.57. The molecule has 1 spiro atoms. The zero-order valence-corrected chi connectivity index (χ0v) is 22.3. The van der Waals surface area contributed by atoms with Gasteiger partial charge in [-0.25, -0.2) is 4.79 Å². The van der Waals surface area contributed by atoms with E-state index in [1.165, 1.54) is 5.56 Å². The number of ether oxygens (including phenoxy) is 2. The van der Waals surface area contributed by atoms with Crippen LogP contribution in [0.25, 0.3) is 0 Å². The number of esters is 1. The molecular formula is C35H28N2O3. The summed E-state index contributed by atoms with van der Waals surface area (Å²) in [5.74, 6) is 0.990. The Labute approximate surface area is 233 Å². The highest BCUT2D eigenvalue weighted by molar-refractivity contribution is 5.97. The Morgan fingerprint density at radius 3 is 2.25 bits per heavy atom. The maximum absolute atomic E-state index is 13.3. The largest absolute Gasteiger partial charge is 0.456 e. The number of carbonyl (C=O) groups excluding carboxylic acids is 1. The monoisotopic (exact) mass is 524 g/mol. The Bertz CT molecular complexity index is 1750. The van der Waals surface area contributed by atoms with Crippen LogP contribution in [0, 0.1) is 6.92 Å². The lowest BCUT2D eigenvalue weighted by Crippen LogP contribution is -2.33. The molecule has 0 saturated heterocycles. The summed E-state index contributed by atoms with van der Waals surface area (Å²) in [7, 11) is 0. The van der Waals surface area contributed by atoms with E-state index in [1.54, 1.807) is 0 Å². The van der Waals surface area contributed by atoms with Crippen molar-refractivity contribution in [3.8, 4) is 11.5 Å². The molecule has 196 valence electrons. The zero-order valence-electron chi connectivity index (χ0n) is 22.3. The van der Waals surface area contributed by atoms with Crippen LogP contribution < -0.4 is 15.0 Å². The fourth-order valence-electron chi connectivity index (χ4n) is 5.83. The van der Waals surface area contributed by atoms with Crippen molar-refractivity contribution in [2.45, 2.75) is 19.4 Å². The first-order valence-electron chi connectivity index (χ1n) is 13.5. The van der Waals surface area contributed by atoms with Gasteiger partial charge in [-0.1, -0.05) is 54.1 Å². The minimum Gasteiger partial charge on any atom is -0.456 e. The van der Waals surface area contributed by atoms with Gasteiger partial charge in [0.25, 0.3) is 0 Å². The van der Waals surface area contributed by atoms with Gasteiger partial charge in [0.05, 0.1) is 5.56 Å². The molecule has 2 aliphatic heterocycles. The highest BCUT2D eigenvalue weighted by Gasteiger charge is 2.53. The quantitative estimate of drug-likeness (QED) is 0.234. The maximum atomic E-state index is 13.3. The first-order chi connectivity index (χ1) is 19.6. The molecule has 40 heavy (non-hydrogen) atoms. The van der Waals surface area contributed by atoms with Crippen LogP contribution in [0.2, 0.25) is 0 Å². The van der Waals surface area contributed by atoms with Crippen LogP contribution in [0.1, 0.15) is 39.5 Å². The lowest BCUT2D eigenvalue weighted by molar-refractivity contribution is 0.0224. The first kappa shape index (κ1) is 24.0. The van der Waals surface area contributed by atoms with Crippen LogP contribution in [0.15, 0.2) is 115 Å². The predicted molar refractivity (Wildman–Crippen MR) is 158 cm³/mol. The standard InChI is InChI=1S/C35H28N2O3/c1-3-37(26-16-13-23(2)14-17-26)27-18-19-30-33(22-27)39-32-20-15-25(36-24-9-5-4-6-10-24)21-31(32)35(30)29-12-8-7-11-28(29)34(38)40-35/h4-22,36H,3H2,1-2H3. The molecule has 5 aromatic rings. The summed E-state index contributed by atoms with van der Waals surface area (Å²) in [5, 5.41) is 3.47. The number of hydrogen-bond donors (Lipinski definition) is 1. The number of hydrogen-bond acceptors (Lipinski definition) is 5. The molecule has 0 aromatic heterocycles. The molecule has 5 aromatic carbocycles. The van der Waals surface area contributed by atoms with Crippen molar-refractivity contribution in [2.24, 2.45) is 0 Å².